The van der Waals surface area contributed by atoms with Crippen molar-refractivity contribution < 1.29 is 19.5 Å². The van der Waals surface area contributed by atoms with E-state index in [9.17, 15) is 9.59 Å². The lowest BCUT2D eigenvalue weighted by Crippen LogP contribution is -2.27. The number of unbranched alkanes of at least 4 members (excludes halogenated alkanes) is 2. The van der Waals surface area contributed by atoms with Crippen LogP contribution in [0.3, 0.4) is 0 Å². The fraction of sp³-hybridized carbons (Fsp3) is 0.250. The number of hydrogen-bond donors (Lipinski definition) is 3. The van der Waals surface area contributed by atoms with Crippen molar-refractivity contribution in [2.24, 2.45) is 0 Å². The molecule has 0 bridgehead atoms. The molecule has 0 atom stereocenters. The van der Waals surface area contributed by atoms with Crippen molar-refractivity contribution in [2.75, 3.05) is 6.61 Å². The number of hydroxylamine groups is 1. The Morgan fingerprint density at radius 2 is 1.87 bits per heavy atom. The summed E-state index contributed by atoms with van der Waals surface area (Å²) >= 11 is 1.59. The van der Waals surface area contributed by atoms with E-state index >= 15 is 0 Å². The number of benzene rings is 2. The molecule has 3 rings (SSSR count). The third kappa shape index (κ3) is 6.94. The lowest BCUT2D eigenvalue weighted by Gasteiger charge is -2.12. The predicted molar refractivity (Wildman–Crippen MR) is 122 cm³/mol. The second kappa shape index (κ2) is 11.9. The lowest BCUT2D eigenvalue weighted by atomic mass is 10.1. The van der Waals surface area contributed by atoms with Gasteiger partial charge in [0.05, 0.1) is 12.1 Å². The molecule has 0 saturated carbocycles. The summed E-state index contributed by atoms with van der Waals surface area (Å²) in [6.45, 7) is 0.625. The summed E-state index contributed by atoms with van der Waals surface area (Å²) in [6, 6.07) is 17.7. The highest BCUT2D eigenvalue weighted by atomic mass is 32.1. The minimum Gasteiger partial charge on any atom is -0.488 e. The van der Waals surface area contributed by atoms with Crippen molar-refractivity contribution in [3.8, 4) is 5.75 Å². The zero-order valence-corrected chi connectivity index (χ0v) is 18.0. The number of thiophene rings is 1. The Labute approximate surface area is 185 Å². The van der Waals surface area contributed by atoms with Gasteiger partial charge in [0.2, 0.25) is 5.91 Å². The molecule has 1 aromatic heterocycles. The van der Waals surface area contributed by atoms with Gasteiger partial charge in [-0.3, -0.25) is 14.8 Å². The largest absolute Gasteiger partial charge is 0.488 e. The normalized spacial score (nSPS) is 11.3. The number of amides is 2. The van der Waals surface area contributed by atoms with Crippen LogP contribution in [0.25, 0.3) is 10.8 Å². The summed E-state index contributed by atoms with van der Waals surface area (Å²) in [4.78, 5) is 25.0. The number of fused-ring (bicyclic) bond motifs is 1. The molecular formula is C24H26N2O4S. The number of carbonyl (C=O) groups is 2. The SMILES string of the molecule is O=C(CCCC/C=C(\COc1cccc2ccccc12)C(=O)NCc1cccs1)NO. The van der Waals surface area contributed by atoms with E-state index in [1.54, 1.807) is 16.8 Å². The van der Waals surface area contributed by atoms with Gasteiger partial charge >= 0.3 is 0 Å². The van der Waals surface area contributed by atoms with Crippen LogP contribution in [0.4, 0.5) is 0 Å². The Balaban J connectivity index is 1.64. The number of ether oxygens (including phenoxy) is 1. The molecule has 0 saturated heterocycles. The summed E-state index contributed by atoms with van der Waals surface area (Å²) in [5, 5.41) is 15.6. The van der Waals surface area contributed by atoms with Crippen LogP contribution in [-0.4, -0.2) is 23.6 Å². The Hall–Kier alpha value is -3.16. The molecule has 0 aliphatic rings. The fourth-order valence-electron chi connectivity index (χ4n) is 3.15. The van der Waals surface area contributed by atoms with E-state index < -0.39 is 5.91 Å². The van der Waals surface area contributed by atoms with E-state index in [2.05, 4.69) is 5.32 Å². The molecule has 0 unspecified atom stereocenters. The van der Waals surface area contributed by atoms with Gasteiger partial charge in [-0.15, -0.1) is 11.3 Å². The van der Waals surface area contributed by atoms with Crippen molar-refractivity contribution >= 4 is 33.9 Å². The van der Waals surface area contributed by atoms with Crippen molar-refractivity contribution in [3.05, 3.63) is 76.5 Å². The quantitative estimate of drug-likeness (QED) is 0.177. The Kier molecular flexibility index (Phi) is 8.63. The average Bonchev–Trinajstić information content (AvgIpc) is 3.32. The first-order chi connectivity index (χ1) is 15.2. The van der Waals surface area contributed by atoms with Gasteiger partial charge in [-0.2, -0.15) is 0 Å². The molecule has 3 N–H and O–H groups in total. The maximum atomic E-state index is 12.8. The van der Waals surface area contributed by atoms with Crippen LogP contribution < -0.4 is 15.5 Å². The van der Waals surface area contributed by atoms with Gasteiger partial charge in [-0.25, -0.2) is 5.48 Å². The highest BCUT2D eigenvalue weighted by molar-refractivity contribution is 7.09. The third-order valence-corrected chi connectivity index (χ3v) is 5.68. The van der Waals surface area contributed by atoms with Crippen molar-refractivity contribution in [1.82, 2.24) is 10.8 Å². The molecule has 1 heterocycles. The standard InChI is InChI=1S/C24H26N2O4S/c27-23(26-29)14-3-1-2-9-19(24(28)25-16-20-11-7-15-31-20)17-30-22-13-6-10-18-8-4-5-12-21(18)22/h4-13,15,29H,1-3,14,16-17H2,(H,25,28)(H,26,27)/b19-9+. The van der Waals surface area contributed by atoms with Crippen LogP contribution in [0.2, 0.25) is 0 Å². The van der Waals surface area contributed by atoms with Crippen LogP contribution in [0, 0.1) is 0 Å². The van der Waals surface area contributed by atoms with E-state index in [1.165, 1.54) is 0 Å². The summed E-state index contributed by atoms with van der Waals surface area (Å²) < 4.78 is 6.03. The van der Waals surface area contributed by atoms with Crippen LogP contribution in [0.1, 0.15) is 30.6 Å². The molecular weight excluding hydrogens is 412 g/mol. The summed E-state index contributed by atoms with van der Waals surface area (Å²) in [7, 11) is 0. The number of rotatable bonds is 11. The van der Waals surface area contributed by atoms with Gasteiger partial charge < -0.3 is 10.1 Å². The van der Waals surface area contributed by atoms with Crippen molar-refractivity contribution in [1.29, 1.82) is 0 Å². The van der Waals surface area contributed by atoms with Crippen molar-refractivity contribution in [2.45, 2.75) is 32.2 Å². The highest BCUT2D eigenvalue weighted by Crippen LogP contribution is 2.25. The maximum Gasteiger partial charge on any atom is 0.250 e. The Morgan fingerprint density at radius 1 is 1.03 bits per heavy atom. The molecule has 6 nitrogen and oxygen atoms in total. The van der Waals surface area contributed by atoms with Gasteiger partial charge in [0.15, 0.2) is 0 Å². The van der Waals surface area contributed by atoms with Gasteiger partial charge in [0.25, 0.3) is 5.91 Å². The van der Waals surface area contributed by atoms with Crippen LogP contribution in [0.5, 0.6) is 5.75 Å². The number of hydrogen-bond acceptors (Lipinski definition) is 5. The first-order valence-electron chi connectivity index (χ1n) is 10.2. The molecule has 0 aliphatic carbocycles. The van der Waals surface area contributed by atoms with E-state index in [1.807, 2.05) is 66.1 Å². The number of allylic oxidation sites excluding steroid dienone is 1. The Morgan fingerprint density at radius 3 is 2.68 bits per heavy atom. The molecule has 2 amide bonds. The molecule has 31 heavy (non-hydrogen) atoms. The van der Waals surface area contributed by atoms with Gasteiger partial charge in [-0.05, 0) is 42.2 Å². The second-order valence-corrected chi connectivity index (χ2v) is 8.07. The van der Waals surface area contributed by atoms with Gasteiger partial charge in [0, 0.05) is 16.7 Å². The third-order valence-electron chi connectivity index (χ3n) is 4.80. The topological polar surface area (TPSA) is 87.7 Å². The van der Waals surface area contributed by atoms with Gasteiger partial charge in [-0.1, -0.05) is 48.5 Å². The fourth-order valence-corrected chi connectivity index (χ4v) is 3.79. The molecule has 2 aromatic carbocycles. The highest BCUT2D eigenvalue weighted by Gasteiger charge is 2.12. The van der Waals surface area contributed by atoms with Crippen LogP contribution in [0.15, 0.2) is 71.6 Å². The minimum absolute atomic E-state index is 0.154. The van der Waals surface area contributed by atoms with Crippen molar-refractivity contribution in [3.63, 3.8) is 0 Å². The maximum absolute atomic E-state index is 12.8. The first kappa shape index (κ1) is 22.5. The molecule has 7 heteroatoms. The van der Waals surface area contributed by atoms with Gasteiger partial charge in [0.1, 0.15) is 12.4 Å². The van der Waals surface area contributed by atoms with Crippen LogP contribution >= 0.6 is 11.3 Å². The molecule has 0 fully saturated rings. The smallest absolute Gasteiger partial charge is 0.250 e. The Bertz CT molecular complexity index is 1030. The second-order valence-electron chi connectivity index (χ2n) is 7.04. The average molecular weight is 439 g/mol. The first-order valence-corrected chi connectivity index (χ1v) is 11.1. The molecule has 162 valence electrons. The van der Waals surface area contributed by atoms with E-state index in [0.29, 0.717) is 25.0 Å². The number of carbonyl (C=O) groups excluding carboxylic acids is 2. The predicted octanol–water partition coefficient (Wildman–Crippen LogP) is 4.59. The lowest BCUT2D eigenvalue weighted by molar-refractivity contribution is -0.129. The molecule has 0 spiro atoms. The van der Waals surface area contributed by atoms with E-state index in [4.69, 9.17) is 9.94 Å². The molecule has 0 aliphatic heterocycles. The zero-order valence-electron chi connectivity index (χ0n) is 17.2. The zero-order chi connectivity index (χ0) is 21.9. The summed E-state index contributed by atoms with van der Waals surface area (Å²) in [6.07, 6.45) is 4.10. The minimum atomic E-state index is -0.405. The monoisotopic (exact) mass is 438 g/mol. The number of nitrogens with one attached hydrogen (secondary N) is 2. The van der Waals surface area contributed by atoms with Crippen LogP contribution in [-0.2, 0) is 16.1 Å². The van der Waals surface area contributed by atoms with E-state index in [-0.39, 0.29) is 18.9 Å². The molecule has 3 aromatic rings. The molecule has 0 radical (unpaired) electrons. The summed E-state index contributed by atoms with van der Waals surface area (Å²) in [5.41, 5.74) is 2.18. The summed E-state index contributed by atoms with van der Waals surface area (Å²) in [5.74, 6) is 0.161. The van der Waals surface area contributed by atoms with E-state index in [0.717, 1.165) is 27.8 Å².